The molecule has 2 heterocycles. The summed E-state index contributed by atoms with van der Waals surface area (Å²) in [5, 5.41) is 1.16. The van der Waals surface area contributed by atoms with Crippen LogP contribution in [0.15, 0.2) is 47.4 Å². The topological polar surface area (TPSA) is 85.7 Å². The third-order valence-corrected chi connectivity index (χ3v) is 7.47. The zero-order valence-corrected chi connectivity index (χ0v) is 18.7. The van der Waals surface area contributed by atoms with Crippen molar-refractivity contribution in [1.29, 1.82) is 0 Å². The number of aromatic nitrogens is 1. The predicted octanol–water partition coefficient (Wildman–Crippen LogP) is 3.55. The van der Waals surface area contributed by atoms with E-state index < -0.39 is 16.0 Å². The minimum absolute atomic E-state index is 0.0494. The van der Waals surface area contributed by atoms with Crippen LogP contribution in [0.5, 0.6) is 0 Å². The Balaban J connectivity index is 1.83. The molecule has 0 aliphatic carbocycles. The van der Waals surface area contributed by atoms with Gasteiger partial charge in [-0.1, -0.05) is 11.6 Å². The summed E-state index contributed by atoms with van der Waals surface area (Å²) in [5.74, 6) is -0.498. The van der Waals surface area contributed by atoms with E-state index in [1.54, 1.807) is 41.3 Å². The van der Waals surface area contributed by atoms with Crippen LogP contribution in [0.2, 0.25) is 5.02 Å². The zero-order valence-electron chi connectivity index (χ0n) is 17.1. The normalized spacial score (nSPS) is 13.5. The number of carbonyl (C=O) groups is 2. The summed E-state index contributed by atoms with van der Waals surface area (Å²) in [5.41, 5.74) is 2.50. The molecule has 162 valence electrons. The van der Waals surface area contributed by atoms with Gasteiger partial charge in [-0.15, -0.1) is 0 Å². The maximum absolute atomic E-state index is 13.7. The van der Waals surface area contributed by atoms with Crippen LogP contribution < -0.4 is 4.90 Å². The van der Waals surface area contributed by atoms with Gasteiger partial charge in [-0.05, 0) is 60.9 Å². The van der Waals surface area contributed by atoms with Crippen molar-refractivity contribution in [2.45, 2.75) is 31.1 Å². The van der Waals surface area contributed by atoms with Crippen molar-refractivity contribution in [3.05, 3.63) is 58.7 Å². The number of aryl methyl sites for hydroxylation is 1. The Morgan fingerprint density at radius 1 is 1.13 bits per heavy atom. The number of nitrogens with zero attached hydrogens (tertiary/aromatic N) is 2. The van der Waals surface area contributed by atoms with E-state index in [2.05, 4.69) is 0 Å². The second kappa shape index (κ2) is 8.01. The summed E-state index contributed by atoms with van der Waals surface area (Å²) in [6.07, 6.45) is 0.838. The number of ether oxygens (including phenoxy) is 1. The van der Waals surface area contributed by atoms with Gasteiger partial charge in [-0.2, -0.15) is 0 Å². The summed E-state index contributed by atoms with van der Waals surface area (Å²) in [7, 11) is -2.67. The van der Waals surface area contributed by atoms with Gasteiger partial charge >= 0.3 is 5.97 Å². The molecule has 0 bridgehead atoms. The number of hydrogen-bond acceptors (Lipinski definition) is 5. The molecule has 0 atom stereocenters. The van der Waals surface area contributed by atoms with Gasteiger partial charge in [0, 0.05) is 35.3 Å². The first-order valence-corrected chi connectivity index (χ1v) is 11.6. The van der Waals surface area contributed by atoms with Crippen LogP contribution in [-0.2, 0) is 37.2 Å². The number of carbonyl (C=O) groups excluding carboxylic acids is 2. The fourth-order valence-corrected chi connectivity index (χ4v) is 5.78. The van der Waals surface area contributed by atoms with Crippen molar-refractivity contribution in [2.24, 2.45) is 0 Å². The molecule has 1 aliphatic heterocycles. The quantitative estimate of drug-likeness (QED) is 0.543. The molecule has 1 aliphatic rings. The number of amides is 1. The molecule has 0 spiro atoms. The summed E-state index contributed by atoms with van der Waals surface area (Å²) >= 11 is 6.10. The molecule has 1 amide bonds. The highest BCUT2D eigenvalue weighted by Crippen LogP contribution is 2.33. The lowest BCUT2D eigenvalue weighted by Crippen LogP contribution is -2.25. The molecule has 0 radical (unpaired) electrons. The van der Waals surface area contributed by atoms with Gasteiger partial charge < -0.3 is 9.64 Å². The summed E-state index contributed by atoms with van der Waals surface area (Å²) in [4.78, 5) is 25.2. The number of rotatable bonds is 5. The van der Waals surface area contributed by atoms with Crippen LogP contribution in [0.1, 0.15) is 24.6 Å². The number of hydrogen-bond donors (Lipinski definition) is 0. The van der Waals surface area contributed by atoms with Gasteiger partial charge in [0.05, 0.1) is 23.9 Å². The Kier molecular flexibility index (Phi) is 5.53. The maximum atomic E-state index is 13.7. The monoisotopic (exact) mass is 460 g/mol. The lowest BCUT2D eigenvalue weighted by atomic mass is 10.2. The lowest BCUT2D eigenvalue weighted by Gasteiger charge is -2.16. The van der Waals surface area contributed by atoms with E-state index in [9.17, 15) is 18.0 Å². The van der Waals surface area contributed by atoms with Crippen LogP contribution in [-0.4, -0.2) is 37.9 Å². The zero-order chi connectivity index (χ0) is 22.3. The first-order valence-electron chi connectivity index (χ1n) is 9.75. The summed E-state index contributed by atoms with van der Waals surface area (Å²) < 4.78 is 33.3. The standard InChI is InChI=1S/C22H21ClN2O5S/c1-14(26)24-10-9-15-13-19(5-7-20(15)24)31(28,29)25-18(4-8-22(27)30-2)12-16-11-17(23)3-6-21(16)25/h3,5-7,11-13H,4,8-10H2,1-2H3. The largest absolute Gasteiger partial charge is 0.469 e. The van der Waals surface area contributed by atoms with Crippen molar-refractivity contribution >= 4 is 50.1 Å². The Bertz CT molecular complexity index is 1310. The molecule has 1 aromatic heterocycles. The van der Waals surface area contributed by atoms with Gasteiger partial charge in [0.25, 0.3) is 10.0 Å². The number of fused-ring (bicyclic) bond motifs is 2. The molecule has 9 heteroatoms. The number of halogens is 1. The van der Waals surface area contributed by atoms with E-state index in [-0.39, 0.29) is 23.6 Å². The van der Waals surface area contributed by atoms with Crippen molar-refractivity contribution in [1.82, 2.24) is 3.97 Å². The summed E-state index contributed by atoms with van der Waals surface area (Å²) in [6.45, 7) is 2.02. The Labute approximate surface area is 185 Å². The number of anilines is 1. The van der Waals surface area contributed by atoms with E-state index in [1.807, 2.05) is 0 Å². The second-order valence-corrected chi connectivity index (χ2v) is 9.62. The second-order valence-electron chi connectivity index (χ2n) is 7.40. The van der Waals surface area contributed by atoms with Crippen molar-refractivity contribution in [3.63, 3.8) is 0 Å². The minimum Gasteiger partial charge on any atom is -0.469 e. The lowest BCUT2D eigenvalue weighted by molar-refractivity contribution is -0.140. The Hall–Kier alpha value is -2.84. The van der Waals surface area contributed by atoms with Crippen LogP contribution >= 0.6 is 11.6 Å². The fourth-order valence-electron chi connectivity index (χ4n) is 3.98. The Morgan fingerprint density at radius 2 is 1.90 bits per heavy atom. The number of methoxy groups -OCH3 is 1. The van der Waals surface area contributed by atoms with Gasteiger partial charge in [-0.25, -0.2) is 12.4 Å². The van der Waals surface area contributed by atoms with E-state index in [0.29, 0.717) is 34.6 Å². The van der Waals surface area contributed by atoms with Crippen LogP contribution in [0.3, 0.4) is 0 Å². The molecule has 0 saturated carbocycles. The first kappa shape index (κ1) is 21.4. The maximum Gasteiger partial charge on any atom is 0.305 e. The average molecular weight is 461 g/mol. The van der Waals surface area contributed by atoms with Gasteiger partial charge in [0.2, 0.25) is 5.91 Å². The van der Waals surface area contributed by atoms with Gasteiger partial charge in [0.1, 0.15) is 0 Å². The smallest absolute Gasteiger partial charge is 0.305 e. The van der Waals surface area contributed by atoms with Crippen molar-refractivity contribution in [3.8, 4) is 0 Å². The third kappa shape index (κ3) is 3.81. The highest BCUT2D eigenvalue weighted by Gasteiger charge is 2.28. The molecule has 31 heavy (non-hydrogen) atoms. The van der Waals surface area contributed by atoms with Crippen molar-refractivity contribution < 1.29 is 22.7 Å². The third-order valence-electron chi connectivity index (χ3n) is 5.47. The van der Waals surface area contributed by atoms with E-state index in [1.165, 1.54) is 24.1 Å². The molecule has 0 unspecified atom stereocenters. The highest BCUT2D eigenvalue weighted by molar-refractivity contribution is 7.90. The molecule has 7 nitrogen and oxygen atoms in total. The molecular weight excluding hydrogens is 440 g/mol. The predicted molar refractivity (Wildman–Crippen MR) is 118 cm³/mol. The molecule has 4 rings (SSSR count). The van der Waals surface area contributed by atoms with Crippen LogP contribution in [0, 0.1) is 0 Å². The molecule has 0 saturated heterocycles. The molecule has 0 N–H and O–H groups in total. The minimum atomic E-state index is -3.96. The molecule has 2 aromatic carbocycles. The average Bonchev–Trinajstić information content (AvgIpc) is 3.32. The number of esters is 1. The van der Waals surface area contributed by atoms with E-state index in [0.717, 1.165) is 11.3 Å². The molecule has 0 fully saturated rings. The molecular formula is C22H21ClN2O5S. The number of benzene rings is 2. The first-order chi connectivity index (χ1) is 14.7. The fraction of sp³-hybridized carbons (Fsp3) is 0.273. The Morgan fingerprint density at radius 3 is 2.61 bits per heavy atom. The van der Waals surface area contributed by atoms with Gasteiger partial charge in [0.15, 0.2) is 0 Å². The molecule has 3 aromatic rings. The van der Waals surface area contributed by atoms with E-state index >= 15 is 0 Å². The van der Waals surface area contributed by atoms with Crippen LogP contribution in [0.25, 0.3) is 10.9 Å². The summed E-state index contributed by atoms with van der Waals surface area (Å²) in [6, 6.07) is 11.5. The van der Waals surface area contributed by atoms with Crippen LogP contribution in [0.4, 0.5) is 5.69 Å². The van der Waals surface area contributed by atoms with Gasteiger partial charge in [-0.3, -0.25) is 9.59 Å². The van der Waals surface area contributed by atoms with E-state index in [4.69, 9.17) is 16.3 Å². The van der Waals surface area contributed by atoms with Crippen molar-refractivity contribution in [2.75, 3.05) is 18.6 Å². The highest BCUT2D eigenvalue weighted by atomic mass is 35.5. The SMILES string of the molecule is COC(=O)CCc1cc2cc(Cl)ccc2n1S(=O)(=O)c1ccc2c(c1)CCN2C(C)=O.